The standard InChI is InChI=1S/C22H33N5O.HI/c1-23-22(24-14-16-28-21-11-4-2-3-5-12-21)25-17-19-9-6-7-10-20(19)18-27-15-8-13-26-27;/h6-10,13,15,21H,2-5,11-12,14,16-18H2,1H3,(H2,23,24,25);1H. The third-order valence-electron chi connectivity index (χ3n) is 5.23. The maximum atomic E-state index is 6.04. The average Bonchev–Trinajstić information content (AvgIpc) is 3.09. The number of hydrogen-bond donors (Lipinski definition) is 2. The second-order valence-electron chi connectivity index (χ2n) is 7.31. The molecular weight excluding hydrogens is 477 g/mol. The topological polar surface area (TPSA) is 63.5 Å². The van der Waals surface area contributed by atoms with E-state index < -0.39 is 0 Å². The van der Waals surface area contributed by atoms with Gasteiger partial charge in [0.25, 0.3) is 0 Å². The van der Waals surface area contributed by atoms with Gasteiger partial charge in [0.2, 0.25) is 0 Å². The minimum absolute atomic E-state index is 0. The molecule has 29 heavy (non-hydrogen) atoms. The monoisotopic (exact) mass is 511 g/mol. The van der Waals surface area contributed by atoms with Crippen molar-refractivity contribution in [2.45, 2.75) is 57.7 Å². The molecule has 0 atom stereocenters. The van der Waals surface area contributed by atoms with Crippen LogP contribution in [0.15, 0.2) is 47.7 Å². The van der Waals surface area contributed by atoms with E-state index >= 15 is 0 Å². The highest BCUT2D eigenvalue weighted by atomic mass is 127. The summed E-state index contributed by atoms with van der Waals surface area (Å²) in [6.07, 6.45) is 12.0. The SMILES string of the molecule is CN=C(NCCOC1CCCCCC1)NCc1ccccc1Cn1cccn1.I. The molecule has 1 aromatic carbocycles. The van der Waals surface area contributed by atoms with Crippen LogP contribution < -0.4 is 10.6 Å². The summed E-state index contributed by atoms with van der Waals surface area (Å²) in [5, 5.41) is 11.1. The Morgan fingerprint density at radius 3 is 2.55 bits per heavy atom. The van der Waals surface area contributed by atoms with Crippen molar-refractivity contribution in [1.82, 2.24) is 20.4 Å². The van der Waals surface area contributed by atoms with Gasteiger partial charge in [-0.25, -0.2) is 0 Å². The maximum Gasteiger partial charge on any atom is 0.191 e. The van der Waals surface area contributed by atoms with E-state index in [1.165, 1.54) is 49.7 Å². The van der Waals surface area contributed by atoms with Crippen LogP contribution in [0.1, 0.15) is 49.7 Å². The number of halogens is 1. The Morgan fingerprint density at radius 2 is 1.86 bits per heavy atom. The third-order valence-corrected chi connectivity index (χ3v) is 5.23. The molecule has 0 aliphatic heterocycles. The molecule has 7 heteroatoms. The molecule has 1 saturated carbocycles. The van der Waals surface area contributed by atoms with Crippen molar-refractivity contribution in [2.75, 3.05) is 20.2 Å². The van der Waals surface area contributed by atoms with Gasteiger partial charge in [-0.05, 0) is 30.0 Å². The number of aromatic nitrogens is 2. The van der Waals surface area contributed by atoms with Crippen LogP contribution in [0.25, 0.3) is 0 Å². The number of benzene rings is 1. The summed E-state index contributed by atoms with van der Waals surface area (Å²) in [6, 6.07) is 10.4. The van der Waals surface area contributed by atoms with E-state index in [0.29, 0.717) is 6.10 Å². The lowest BCUT2D eigenvalue weighted by atomic mass is 10.1. The minimum Gasteiger partial charge on any atom is -0.376 e. The summed E-state index contributed by atoms with van der Waals surface area (Å²) in [6.45, 7) is 2.99. The molecule has 0 amide bonds. The number of ether oxygens (including phenoxy) is 1. The summed E-state index contributed by atoms with van der Waals surface area (Å²) in [5.74, 6) is 0.804. The molecule has 1 aromatic heterocycles. The fourth-order valence-electron chi connectivity index (χ4n) is 3.66. The number of hydrogen-bond acceptors (Lipinski definition) is 3. The lowest BCUT2D eigenvalue weighted by molar-refractivity contribution is 0.0468. The predicted molar refractivity (Wildman–Crippen MR) is 129 cm³/mol. The molecule has 1 fully saturated rings. The van der Waals surface area contributed by atoms with E-state index in [0.717, 1.165) is 32.2 Å². The quantitative estimate of drug-likeness (QED) is 0.185. The highest BCUT2D eigenvalue weighted by Gasteiger charge is 2.12. The van der Waals surface area contributed by atoms with Gasteiger partial charge >= 0.3 is 0 Å². The van der Waals surface area contributed by atoms with Gasteiger partial charge in [-0.1, -0.05) is 49.9 Å². The second kappa shape index (κ2) is 13.6. The van der Waals surface area contributed by atoms with Crippen molar-refractivity contribution >= 4 is 29.9 Å². The molecule has 0 radical (unpaired) electrons. The van der Waals surface area contributed by atoms with Crippen molar-refractivity contribution in [2.24, 2.45) is 4.99 Å². The summed E-state index contributed by atoms with van der Waals surface area (Å²) >= 11 is 0. The minimum atomic E-state index is 0. The van der Waals surface area contributed by atoms with Crippen LogP contribution in [0.2, 0.25) is 0 Å². The zero-order chi connectivity index (χ0) is 19.4. The Labute approximate surface area is 191 Å². The zero-order valence-corrected chi connectivity index (χ0v) is 19.7. The first-order valence-electron chi connectivity index (χ1n) is 10.5. The van der Waals surface area contributed by atoms with E-state index in [9.17, 15) is 0 Å². The van der Waals surface area contributed by atoms with Crippen LogP contribution in [-0.2, 0) is 17.8 Å². The summed E-state index contributed by atoms with van der Waals surface area (Å²) in [5.41, 5.74) is 2.50. The number of rotatable bonds is 8. The van der Waals surface area contributed by atoms with Gasteiger partial charge in [0.15, 0.2) is 5.96 Å². The van der Waals surface area contributed by atoms with Crippen LogP contribution >= 0.6 is 24.0 Å². The van der Waals surface area contributed by atoms with Gasteiger partial charge in [-0.15, -0.1) is 24.0 Å². The van der Waals surface area contributed by atoms with Crippen molar-refractivity contribution in [1.29, 1.82) is 0 Å². The fraction of sp³-hybridized carbons (Fsp3) is 0.545. The molecule has 160 valence electrons. The van der Waals surface area contributed by atoms with Crippen molar-refractivity contribution in [3.8, 4) is 0 Å². The number of guanidine groups is 1. The molecule has 1 aliphatic rings. The van der Waals surface area contributed by atoms with Crippen LogP contribution in [-0.4, -0.2) is 42.0 Å². The van der Waals surface area contributed by atoms with E-state index in [1.807, 2.05) is 23.1 Å². The normalized spacial score (nSPS) is 15.4. The van der Waals surface area contributed by atoms with Gasteiger partial charge in [0.05, 0.1) is 19.3 Å². The highest BCUT2D eigenvalue weighted by Crippen LogP contribution is 2.19. The van der Waals surface area contributed by atoms with Crippen LogP contribution in [0.4, 0.5) is 0 Å². The van der Waals surface area contributed by atoms with E-state index in [4.69, 9.17) is 4.74 Å². The summed E-state index contributed by atoms with van der Waals surface area (Å²) in [7, 11) is 1.80. The smallest absolute Gasteiger partial charge is 0.191 e. The van der Waals surface area contributed by atoms with Crippen molar-refractivity contribution in [3.63, 3.8) is 0 Å². The maximum absolute atomic E-state index is 6.04. The van der Waals surface area contributed by atoms with Gasteiger partial charge in [0.1, 0.15) is 0 Å². The number of nitrogens with zero attached hydrogens (tertiary/aromatic N) is 3. The van der Waals surface area contributed by atoms with Crippen LogP contribution in [0.5, 0.6) is 0 Å². The molecule has 0 spiro atoms. The van der Waals surface area contributed by atoms with Gasteiger partial charge in [-0.2, -0.15) is 5.10 Å². The number of nitrogens with one attached hydrogen (secondary N) is 2. The summed E-state index contributed by atoms with van der Waals surface area (Å²) < 4.78 is 7.98. The lowest BCUT2D eigenvalue weighted by Crippen LogP contribution is -2.39. The largest absolute Gasteiger partial charge is 0.376 e. The lowest BCUT2D eigenvalue weighted by Gasteiger charge is -2.17. The Kier molecular flexibility index (Phi) is 11.1. The molecule has 1 aliphatic carbocycles. The zero-order valence-electron chi connectivity index (χ0n) is 17.3. The summed E-state index contributed by atoms with van der Waals surface area (Å²) in [4.78, 5) is 4.33. The third kappa shape index (κ3) is 8.34. The number of aliphatic imine (C=N–C) groups is 1. The van der Waals surface area contributed by atoms with Crippen LogP contribution in [0, 0.1) is 0 Å². The van der Waals surface area contributed by atoms with E-state index in [-0.39, 0.29) is 24.0 Å². The Bertz CT molecular complexity index is 712. The van der Waals surface area contributed by atoms with Crippen molar-refractivity contribution in [3.05, 3.63) is 53.9 Å². The van der Waals surface area contributed by atoms with Gasteiger partial charge in [-0.3, -0.25) is 9.67 Å². The predicted octanol–water partition coefficient (Wildman–Crippen LogP) is 3.95. The average molecular weight is 511 g/mol. The fourth-order valence-corrected chi connectivity index (χ4v) is 3.66. The first-order valence-corrected chi connectivity index (χ1v) is 10.5. The van der Waals surface area contributed by atoms with Gasteiger partial charge in [0, 0.05) is 32.5 Å². The first kappa shape index (κ1) is 23.7. The van der Waals surface area contributed by atoms with Crippen molar-refractivity contribution < 1.29 is 4.74 Å². The highest BCUT2D eigenvalue weighted by molar-refractivity contribution is 14.0. The molecular formula is C22H34IN5O. The molecule has 0 bridgehead atoms. The second-order valence-corrected chi connectivity index (χ2v) is 7.31. The molecule has 3 rings (SSSR count). The molecule has 0 saturated heterocycles. The molecule has 2 N–H and O–H groups in total. The van der Waals surface area contributed by atoms with E-state index in [2.05, 4.69) is 45.0 Å². The molecule has 2 aromatic rings. The molecule has 1 heterocycles. The Balaban J connectivity index is 0.00000300. The molecule has 0 unspecified atom stereocenters. The Hall–Kier alpha value is -1.61. The molecule has 6 nitrogen and oxygen atoms in total. The van der Waals surface area contributed by atoms with E-state index in [1.54, 1.807) is 7.05 Å². The van der Waals surface area contributed by atoms with Gasteiger partial charge < -0.3 is 15.4 Å². The Morgan fingerprint density at radius 1 is 1.10 bits per heavy atom. The van der Waals surface area contributed by atoms with Crippen LogP contribution in [0.3, 0.4) is 0 Å². The first-order chi connectivity index (χ1) is 13.8.